The van der Waals surface area contributed by atoms with Crippen molar-refractivity contribution in [3.8, 4) is 11.5 Å². The zero-order valence-corrected chi connectivity index (χ0v) is 14.3. The van der Waals surface area contributed by atoms with Crippen LogP contribution in [0.2, 0.25) is 0 Å². The zero-order valence-electron chi connectivity index (χ0n) is 14.3. The molecule has 0 saturated heterocycles. The highest BCUT2D eigenvalue weighted by Crippen LogP contribution is 2.22. The van der Waals surface area contributed by atoms with Crippen molar-refractivity contribution in [1.82, 2.24) is 0 Å². The number of nitrogens with one attached hydrogen (secondary N) is 1. The quantitative estimate of drug-likeness (QED) is 0.773. The average Bonchev–Trinajstić information content (AvgIpc) is 2.58. The van der Waals surface area contributed by atoms with E-state index in [9.17, 15) is 4.79 Å². The minimum Gasteiger partial charge on any atom is -0.490 e. The van der Waals surface area contributed by atoms with Crippen molar-refractivity contribution in [2.45, 2.75) is 26.9 Å². The predicted molar refractivity (Wildman–Crippen MR) is 96.8 cm³/mol. The van der Waals surface area contributed by atoms with Crippen molar-refractivity contribution in [2.75, 3.05) is 11.9 Å². The van der Waals surface area contributed by atoms with Crippen LogP contribution in [0, 0.1) is 13.8 Å². The molecule has 1 amide bonds. The van der Waals surface area contributed by atoms with E-state index in [0.717, 1.165) is 22.6 Å². The van der Waals surface area contributed by atoms with Crippen LogP contribution in [0.15, 0.2) is 55.1 Å². The topological polar surface area (TPSA) is 47.6 Å². The summed E-state index contributed by atoms with van der Waals surface area (Å²) in [5.74, 6) is 1.26. The summed E-state index contributed by atoms with van der Waals surface area (Å²) in [5, 5.41) is 2.84. The van der Waals surface area contributed by atoms with Crippen molar-refractivity contribution in [2.24, 2.45) is 0 Å². The van der Waals surface area contributed by atoms with E-state index in [4.69, 9.17) is 9.47 Å². The van der Waals surface area contributed by atoms with Gasteiger partial charge >= 0.3 is 0 Å². The van der Waals surface area contributed by atoms with Crippen LogP contribution in [0.4, 0.5) is 5.69 Å². The monoisotopic (exact) mass is 325 g/mol. The zero-order chi connectivity index (χ0) is 17.5. The second-order valence-corrected chi connectivity index (χ2v) is 5.57. The Kier molecular flexibility index (Phi) is 6.01. The molecule has 0 saturated carbocycles. The molecule has 126 valence electrons. The van der Waals surface area contributed by atoms with Gasteiger partial charge in [-0.05, 0) is 62.2 Å². The van der Waals surface area contributed by atoms with E-state index < -0.39 is 6.10 Å². The van der Waals surface area contributed by atoms with Crippen molar-refractivity contribution in [3.05, 3.63) is 66.2 Å². The molecular formula is C20H23NO3. The van der Waals surface area contributed by atoms with Gasteiger partial charge in [-0.2, -0.15) is 0 Å². The first kappa shape index (κ1) is 17.6. The van der Waals surface area contributed by atoms with E-state index in [0.29, 0.717) is 12.3 Å². The van der Waals surface area contributed by atoms with Crippen LogP contribution in [-0.2, 0) is 4.79 Å². The molecule has 0 aliphatic rings. The lowest BCUT2D eigenvalue weighted by atomic mass is 10.1. The molecule has 1 N–H and O–H groups in total. The summed E-state index contributed by atoms with van der Waals surface area (Å²) in [4.78, 5) is 12.3. The Balaban J connectivity index is 1.96. The Morgan fingerprint density at radius 1 is 1.21 bits per heavy atom. The minimum atomic E-state index is -0.595. The lowest BCUT2D eigenvalue weighted by molar-refractivity contribution is -0.122. The van der Waals surface area contributed by atoms with Gasteiger partial charge in [-0.3, -0.25) is 4.79 Å². The molecule has 4 heteroatoms. The fourth-order valence-electron chi connectivity index (χ4n) is 2.13. The Morgan fingerprint density at radius 3 is 2.58 bits per heavy atom. The standard InChI is InChI=1S/C20H23NO3/c1-5-13-23-18-11-9-17(10-12-18)21-20(22)16(4)24-19-8-6-7-14(2)15(19)3/h5-12,16H,1,13H2,2-4H3,(H,21,22). The first-order valence-electron chi connectivity index (χ1n) is 7.88. The lowest BCUT2D eigenvalue weighted by Gasteiger charge is -2.17. The largest absolute Gasteiger partial charge is 0.490 e. The summed E-state index contributed by atoms with van der Waals surface area (Å²) >= 11 is 0. The number of rotatable bonds is 7. The van der Waals surface area contributed by atoms with Crippen molar-refractivity contribution < 1.29 is 14.3 Å². The summed E-state index contributed by atoms with van der Waals surface area (Å²) in [6.45, 7) is 9.79. The molecule has 0 bridgehead atoms. The summed E-state index contributed by atoms with van der Waals surface area (Å²) in [6.07, 6.45) is 1.09. The number of carbonyl (C=O) groups excluding carboxylic acids is 1. The molecule has 0 spiro atoms. The maximum atomic E-state index is 12.3. The third kappa shape index (κ3) is 4.62. The van der Waals surface area contributed by atoms with Gasteiger partial charge in [0, 0.05) is 5.69 Å². The number of ether oxygens (including phenoxy) is 2. The molecule has 0 fully saturated rings. The smallest absolute Gasteiger partial charge is 0.265 e. The fourth-order valence-corrected chi connectivity index (χ4v) is 2.13. The summed E-state index contributed by atoms with van der Waals surface area (Å²) in [5.41, 5.74) is 2.87. The van der Waals surface area contributed by atoms with Crippen molar-refractivity contribution >= 4 is 11.6 Å². The van der Waals surface area contributed by atoms with E-state index in [1.165, 1.54) is 0 Å². The molecule has 0 aliphatic carbocycles. The number of aryl methyl sites for hydroxylation is 1. The van der Waals surface area contributed by atoms with Gasteiger partial charge in [0.05, 0.1) is 0 Å². The van der Waals surface area contributed by atoms with Gasteiger partial charge in [0.2, 0.25) is 0 Å². The summed E-state index contributed by atoms with van der Waals surface area (Å²) in [7, 11) is 0. The maximum absolute atomic E-state index is 12.3. The van der Waals surface area contributed by atoms with Crippen LogP contribution in [0.3, 0.4) is 0 Å². The third-order valence-electron chi connectivity index (χ3n) is 3.72. The van der Waals surface area contributed by atoms with Gasteiger partial charge in [0.15, 0.2) is 6.10 Å². The molecule has 2 aromatic carbocycles. The van der Waals surface area contributed by atoms with Crippen LogP contribution in [-0.4, -0.2) is 18.6 Å². The number of hydrogen-bond donors (Lipinski definition) is 1. The van der Waals surface area contributed by atoms with Crippen LogP contribution in [0.5, 0.6) is 11.5 Å². The number of benzene rings is 2. The van der Waals surface area contributed by atoms with Gasteiger partial charge < -0.3 is 14.8 Å². The second-order valence-electron chi connectivity index (χ2n) is 5.57. The highest BCUT2D eigenvalue weighted by molar-refractivity contribution is 5.94. The van der Waals surface area contributed by atoms with E-state index >= 15 is 0 Å². The molecule has 1 unspecified atom stereocenters. The number of anilines is 1. The highest BCUT2D eigenvalue weighted by Gasteiger charge is 2.16. The summed E-state index contributed by atoms with van der Waals surface area (Å²) in [6, 6.07) is 13.0. The summed E-state index contributed by atoms with van der Waals surface area (Å²) < 4.78 is 11.2. The van der Waals surface area contributed by atoms with Gasteiger partial charge in [-0.25, -0.2) is 0 Å². The second kappa shape index (κ2) is 8.20. The number of amides is 1. The van der Waals surface area contributed by atoms with Crippen LogP contribution in [0.25, 0.3) is 0 Å². The lowest BCUT2D eigenvalue weighted by Crippen LogP contribution is -2.30. The molecule has 0 aromatic heterocycles. The number of carbonyl (C=O) groups is 1. The normalized spacial score (nSPS) is 11.5. The highest BCUT2D eigenvalue weighted by atomic mass is 16.5. The van der Waals surface area contributed by atoms with Crippen LogP contribution in [0.1, 0.15) is 18.1 Å². The Bertz CT molecular complexity index is 707. The molecule has 0 radical (unpaired) electrons. The van der Waals surface area contributed by atoms with Gasteiger partial charge in [-0.15, -0.1) is 0 Å². The van der Waals surface area contributed by atoms with E-state index in [2.05, 4.69) is 11.9 Å². The Hall–Kier alpha value is -2.75. The van der Waals surface area contributed by atoms with Crippen LogP contribution >= 0.6 is 0 Å². The van der Waals surface area contributed by atoms with E-state index in [-0.39, 0.29) is 5.91 Å². The molecule has 0 aliphatic heterocycles. The van der Waals surface area contributed by atoms with Gasteiger partial charge in [-0.1, -0.05) is 24.8 Å². The molecule has 24 heavy (non-hydrogen) atoms. The van der Waals surface area contributed by atoms with Crippen molar-refractivity contribution in [3.63, 3.8) is 0 Å². The fraction of sp³-hybridized carbons (Fsp3) is 0.250. The molecule has 2 aromatic rings. The number of hydrogen-bond acceptors (Lipinski definition) is 3. The molecule has 0 heterocycles. The molecular weight excluding hydrogens is 302 g/mol. The van der Waals surface area contributed by atoms with Crippen LogP contribution < -0.4 is 14.8 Å². The molecule has 4 nitrogen and oxygen atoms in total. The van der Waals surface area contributed by atoms with Crippen molar-refractivity contribution in [1.29, 1.82) is 0 Å². The Morgan fingerprint density at radius 2 is 1.92 bits per heavy atom. The SMILES string of the molecule is C=CCOc1ccc(NC(=O)C(C)Oc2cccc(C)c2C)cc1. The predicted octanol–water partition coefficient (Wildman–Crippen LogP) is 4.27. The first-order valence-corrected chi connectivity index (χ1v) is 7.88. The van der Waals surface area contributed by atoms with E-state index in [1.54, 1.807) is 37.3 Å². The first-order chi connectivity index (χ1) is 11.5. The average molecular weight is 325 g/mol. The maximum Gasteiger partial charge on any atom is 0.265 e. The van der Waals surface area contributed by atoms with Gasteiger partial charge in [0.25, 0.3) is 5.91 Å². The minimum absolute atomic E-state index is 0.198. The third-order valence-corrected chi connectivity index (χ3v) is 3.72. The Labute approximate surface area is 143 Å². The van der Waals surface area contributed by atoms with E-state index in [1.807, 2.05) is 32.0 Å². The molecule has 1 atom stereocenters. The van der Waals surface area contributed by atoms with Gasteiger partial charge in [0.1, 0.15) is 18.1 Å². The molecule has 2 rings (SSSR count).